The number of aryl methyl sites for hydroxylation is 1. The molecule has 1 N–H and O–H groups in total. The SMILES string of the molecule is Cc1cccc(NCc2cc(F)cc(F)c2)c1Br. The third kappa shape index (κ3) is 3.07. The number of benzene rings is 2. The Kier molecular flexibility index (Phi) is 3.97. The van der Waals surface area contributed by atoms with Crippen LogP contribution in [-0.4, -0.2) is 0 Å². The van der Waals surface area contributed by atoms with Crippen LogP contribution in [-0.2, 0) is 6.54 Å². The first-order valence-electron chi connectivity index (χ1n) is 5.50. The Morgan fingerprint density at radius 1 is 1.11 bits per heavy atom. The number of nitrogens with one attached hydrogen (secondary N) is 1. The van der Waals surface area contributed by atoms with Gasteiger partial charge in [-0.15, -0.1) is 0 Å². The molecule has 0 amide bonds. The van der Waals surface area contributed by atoms with Gasteiger partial charge in [-0.25, -0.2) is 8.78 Å². The first-order valence-corrected chi connectivity index (χ1v) is 6.29. The van der Waals surface area contributed by atoms with Crippen molar-refractivity contribution in [3.63, 3.8) is 0 Å². The lowest BCUT2D eigenvalue weighted by molar-refractivity contribution is 0.580. The van der Waals surface area contributed by atoms with Crippen molar-refractivity contribution >= 4 is 21.6 Å². The molecule has 0 heterocycles. The van der Waals surface area contributed by atoms with Gasteiger partial charge in [-0.3, -0.25) is 0 Å². The van der Waals surface area contributed by atoms with E-state index >= 15 is 0 Å². The van der Waals surface area contributed by atoms with Crippen LogP contribution in [0, 0.1) is 18.6 Å². The molecule has 0 unspecified atom stereocenters. The smallest absolute Gasteiger partial charge is 0.126 e. The minimum Gasteiger partial charge on any atom is -0.380 e. The molecule has 4 heteroatoms. The van der Waals surface area contributed by atoms with Gasteiger partial charge in [0.05, 0.1) is 0 Å². The van der Waals surface area contributed by atoms with Crippen molar-refractivity contribution in [3.8, 4) is 0 Å². The summed E-state index contributed by atoms with van der Waals surface area (Å²) in [4.78, 5) is 0. The second-order valence-corrected chi connectivity index (χ2v) is 4.86. The number of hydrogen-bond donors (Lipinski definition) is 1. The van der Waals surface area contributed by atoms with Crippen LogP contribution in [0.4, 0.5) is 14.5 Å². The zero-order valence-electron chi connectivity index (χ0n) is 9.81. The van der Waals surface area contributed by atoms with Gasteiger partial charge in [0.1, 0.15) is 11.6 Å². The van der Waals surface area contributed by atoms with E-state index in [9.17, 15) is 8.78 Å². The molecule has 0 radical (unpaired) electrons. The minimum atomic E-state index is -0.560. The molecule has 0 aromatic heterocycles. The Bertz CT molecular complexity index is 549. The van der Waals surface area contributed by atoms with Crippen LogP contribution in [0.5, 0.6) is 0 Å². The summed E-state index contributed by atoms with van der Waals surface area (Å²) in [5, 5.41) is 3.14. The zero-order chi connectivity index (χ0) is 13.1. The second-order valence-electron chi connectivity index (χ2n) is 4.07. The summed E-state index contributed by atoms with van der Waals surface area (Å²) in [5.41, 5.74) is 2.57. The highest BCUT2D eigenvalue weighted by Gasteiger charge is 2.04. The summed E-state index contributed by atoms with van der Waals surface area (Å²) >= 11 is 3.47. The monoisotopic (exact) mass is 311 g/mol. The third-order valence-corrected chi connectivity index (χ3v) is 3.65. The lowest BCUT2D eigenvalue weighted by Gasteiger charge is -2.10. The Balaban J connectivity index is 2.14. The van der Waals surface area contributed by atoms with E-state index in [1.54, 1.807) is 0 Å². The van der Waals surface area contributed by atoms with Crippen LogP contribution in [0.25, 0.3) is 0 Å². The quantitative estimate of drug-likeness (QED) is 0.870. The summed E-state index contributed by atoms with van der Waals surface area (Å²) in [6.07, 6.45) is 0. The molecule has 0 aliphatic rings. The lowest BCUT2D eigenvalue weighted by Crippen LogP contribution is -2.01. The molecule has 0 spiro atoms. The summed E-state index contributed by atoms with van der Waals surface area (Å²) in [7, 11) is 0. The lowest BCUT2D eigenvalue weighted by atomic mass is 10.2. The summed E-state index contributed by atoms with van der Waals surface area (Å²) in [6.45, 7) is 2.36. The van der Waals surface area contributed by atoms with Crippen LogP contribution in [0.15, 0.2) is 40.9 Å². The zero-order valence-corrected chi connectivity index (χ0v) is 11.4. The molecule has 2 aromatic rings. The predicted octanol–water partition coefficient (Wildman–Crippen LogP) is 4.65. The van der Waals surface area contributed by atoms with Crippen molar-refractivity contribution < 1.29 is 8.78 Å². The fourth-order valence-corrected chi connectivity index (χ4v) is 2.10. The van der Waals surface area contributed by atoms with E-state index in [4.69, 9.17) is 0 Å². The molecular weight excluding hydrogens is 300 g/mol. The van der Waals surface area contributed by atoms with Gasteiger partial charge in [0, 0.05) is 22.8 Å². The van der Waals surface area contributed by atoms with E-state index in [0.717, 1.165) is 21.8 Å². The van der Waals surface area contributed by atoms with E-state index < -0.39 is 11.6 Å². The van der Waals surface area contributed by atoms with Crippen LogP contribution >= 0.6 is 15.9 Å². The average Bonchev–Trinajstić information content (AvgIpc) is 2.30. The van der Waals surface area contributed by atoms with Crippen LogP contribution in [0.3, 0.4) is 0 Å². The van der Waals surface area contributed by atoms with Crippen molar-refractivity contribution in [1.29, 1.82) is 0 Å². The van der Waals surface area contributed by atoms with E-state index in [1.165, 1.54) is 12.1 Å². The number of halogens is 3. The molecule has 1 nitrogen and oxygen atoms in total. The molecule has 18 heavy (non-hydrogen) atoms. The minimum absolute atomic E-state index is 0.372. The van der Waals surface area contributed by atoms with Gasteiger partial charge in [0.15, 0.2) is 0 Å². The first kappa shape index (κ1) is 13.0. The molecular formula is C14H12BrF2N. The van der Waals surface area contributed by atoms with E-state index in [2.05, 4.69) is 21.2 Å². The van der Waals surface area contributed by atoms with Gasteiger partial charge in [0.25, 0.3) is 0 Å². The van der Waals surface area contributed by atoms with Crippen molar-refractivity contribution in [2.45, 2.75) is 13.5 Å². The van der Waals surface area contributed by atoms with E-state index in [0.29, 0.717) is 12.1 Å². The molecule has 2 rings (SSSR count). The molecule has 0 fully saturated rings. The highest BCUT2D eigenvalue weighted by atomic mass is 79.9. The summed E-state index contributed by atoms with van der Waals surface area (Å²) < 4.78 is 27.0. The second kappa shape index (κ2) is 5.48. The van der Waals surface area contributed by atoms with Crippen molar-refractivity contribution in [2.75, 3.05) is 5.32 Å². The van der Waals surface area contributed by atoms with Gasteiger partial charge in [-0.05, 0) is 52.2 Å². The largest absolute Gasteiger partial charge is 0.380 e. The molecule has 94 valence electrons. The van der Waals surface area contributed by atoms with Crippen molar-refractivity contribution in [3.05, 3.63) is 63.6 Å². The average molecular weight is 312 g/mol. The predicted molar refractivity (Wildman–Crippen MR) is 72.6 cm³/mol. The van der Waals surface area contributed by atoms with Gasteiger partial charge in [0.2, 0.25) is 0 Å². The highest BCUT2D eigenvalue weighted by Crippen LogP contribution is 2.26. The molecule has 0 saturated heterocycles. The normalized spacial score (nSPS) is 10.4. The fourth-order valence-electron chi connectivity index (χ4n) is 1.69. The maximum Gasteiger partial charge on any atom is 0.126 e. The molecule has 0 bridgehead atoms. The Hall–Kier alpha value is -1.42. The summed E-state index contributed by atoms with van der Waals surface area (Å²) in [6, 6.07) is 9.32. The molecule has 0 atom stereocenters. The number of rotatable bonds is 3. The maximum atomic E-state index is 13.0. The Labute approximate surface area is 113 Å². The molecule has 2 aromatic carbocycles. The standard InChI is InChI=1S/C14H12BrF2N/c1-9-3-2-4-13(14(9)15)18-8-10-5-11(16)7-12(17)6-10/h2-7,18H,8H2,1H3. The third-order valence-electron chi connectivity index (χ3n) is 2.60. The Morgan fingerprint density at radius 3 is 2.44 bits per heavy atom. The van der Waals surface area contributed by atoms with Gasteiger partial charge < -0.3 is 5.32 Å². The van der Waals surface area contributed by atoms with E-state index in [1.807, 2.05) is 25.1 Å². The fraction of sp³-hybridized carbons (Fsp3) is 0.143. The van der Waals surface area contributed by atoms with Gasteiger partial charge in [-0.2, -0.15) is 0 Å². The summed E-state index contributed by atoms with van der Waals surface area (Å²) in [5.74, 6) is -1.12. The molecule has 0 aliphatic heterocycles. The Morgan fingerprint density at radius 2 is 1.78 bits per heavy atom. The molecule has 0 saturated carbocycles. The topological polar surface area (TPSA) is 12.0 Å². The van der Waals surface area contributed by atoms with Crippen LogP contribution in [0.2, 0.25) is 0 Å². The maximum absolute atomic E-state index is 13.0. The molecule has 0 aliphatic carbocycles. The first-order chi connectivity index (χ1) is 8.56. The van der Waals surface area contributed by atoms with Crippen LogP contribution in [0.1, 0.15) is 11.1 Å². The number of anilines is 1. The van der Waals surface area contributed by atoms with Crippen molar-refractivity contribution in [2.24, 2.45) is 0 Å². The highest BCUT2D eigenvalue weighted by molar-refractivity contribution is 9.10. The number of hydrogen-bond acceptors (Lipinski definition) is 1. The van der Waals surface area contributed by atoms with Crippen molar-refractivity contribution in [1.82, 2.24) is 0 Å². The van der Waals surface area contributed by atoms with Gasteiger partial charge >= 0.3 is 0 Å². The van der Waals surface area contributed by atoms with Crippen LogP contribution < -0.4 is 5.32 Å². The van der Waals surface area contributed by atoms with Gasteiger partial charge in [-0.1, -0.05) is 12.1 Å². The van der Waals surface area contributed by atoms with E-state index in [-0.39, 0.29) is 0 Å².